The summed E-state index contributed by atoms with van der Waals surface area (Å²) in [5, 5.41) is 0.548. The van der Waals surface area contributed by atoms with Gasteiger partial charge in [0.25, 0.3) is 0 Å². The quantitative estimate of drug-likeness (QED) is 0.724. The molecule has 0 N–H and O–H groups in total. The maximum atomic E-state index is 5.87. The number of halogens is 1. The standard InChI is InChI=1S/C11H15ClN2O/c1-14(9-3-6-15-7-4-9)10-2-5-13-11(12)8-10/h2,5,8-9H,3-4,6-7H2,1H3. The zero-order chi connectivity index (χ0) is 10.7. The van der Waals surface area contributed by atoms with Crippen LogP contribution in [0.4, 0.5) is 5.69 Å². The molecule has 0 atom stereocenters. The molecule has 3 nitrogen and oxygen atoms in total. The molecule has 1 aromatic heterocycles. The Kier molecular flexibility index (Phi) is 3.44. The molecule has 1 aromatic rings. The fourth-order valence-corrected chi connectivity index (χ4v) is 2.06. The molecule has 0 unspecified atom stereocenters. The molecule has 0 bridgehead atoms. The molecular formula is C11H15ClN2O. The van der Waals surface area contributed by atoms with Crippen LogP contribution in [0.2, 0.25) is 5.15 Å². The van der Waals surface area contributed by atoms with Crippen LogP contribution in [-0.2, 0) is 4.74 Å². The zero-order valence-corrected chi connectivity index (χ0v) is 9.57. The third kappa shape index (κ3) is 2.61. The van der Waals surface area contributed by atoms with Crippen LogP contribution in [0, 0.1) is 0 Å². The lowest BCUT2D eigenvalue weighted by atomic mass is 10.1. The van der Waals surface area contributed by atoms with Gasteiger partial charge in [0.05, 0.1) is 0 Å². The molecule has 15 heavy (non-hydrogen) atoms. The van der Waals surface area contributed by atoms with Crippen molar-refractivity contribution in [1.29, 1.82) is 0 Å². The summed E-state index contributed by atoms with van der Waals surface area (Å²) in [5.74, 6) is 0. The average molecular weight is 227 g/mol. The molecule has 1 fully saturated rings. The van der Waals surface area contributed by atoms with E-state index in [2.05, 4.69) is 16.9 Å². The Morgan fingerprint density at radius 1 is 1.47 bits per heavy atom. The van der Waals surface area contributed by atoms with Gasteiger partial charge in [-0.1, -0.05) is 11.6 Å². The van der Waals surface area contributed by atoms with Crippen LogP contribution in [0.15, 0.2) is 18.3 Å². The number of ether oxygens (including phenoxy) is 1. The van der Waals surface area contributed by atoms with Crippen LogP contribution in [0.5, 0.6) is 0 Å². The molecule has 2 heterocycles. The molecule has 0 saturated carbocycles. The van der Waals surface area contributed by atoms with Crippen LogP contribution < -0.4 is 4.90 Å². The van der Waals surface area contributed by atoms with Gasteiger partial charge in [-0.15, -0.1) is 0 Å². The van der Waals surface area contributed by atoms with Gasteiger partial charge in [0.1, 0.15) is 5.15 Å². The summed E-state index contributed by atoms with van der Waals surface area (Å²) < 4.78 is 5.34. The second kappa shape index (κ2) is 4.81. The van der Waals surface area contributed by atoms with Crippen molar-refractivity contribution < 1.29 is 4.74 Å². The van der Waals surface area contributed by atoms with Crippen molar-refractivity contribution >= 4 is 17.3 Å². The topological polar surface area (TPSA) is 25.4 Å². The van der Waals surface area contributed by atoms with Crippen molar-refractivity contribution in [3.05, 3.63) is 23.5 Å². The van der Waals surface area contributed by atoms with Gasteiger partial charge in [0, 0.05) is 38.2 Å². The molecule has 0 aromatic carbocycles. The van der Waals surface area contributed by atoms with E-state index in [9.17, 15) is 0 Å². The van der Waals surface area contributed by atoms with Crippen LogP contribution in [0.1, 0.15) is 12.8 Å². The Bertz CT molecular complexity index is 326. The van der Waals surface area contributed by atoms with Gasteiger partial charge in [-0.3, -0.25) is 0 Å². The number of hydrogen-bond donors (Lipinski definition) is 0. The maximum Gasteiger partial charge on any atom is 0.131 e. The molecule has 1 saturated heterocycles. The van der Waals surface area contributed by atoms with Gasteiger partial charge in [-0.05, 0) is 25.0 Å². The van der Waals surface area contributed by atoms with Crippen molar-refractivity contribution in [2.45, 2.75) is 18.9 Å². The van der Waals surface area contributed by atoms with E-state index in [0.717, 1.165) is 31.7 Å². The molecule has 1 aliphatic rings. The highest BCUT2D eigenvalue weighted by Gasteiger charge is 2.18. The van der Waals surface area contributed by atoms with Gasteiger partial charge in [0.15, 0.2) is 0 Å². The third-order valence-electron chi connectivity index (χ3n) is 2.86. The summed E-state index contributed by atoms with van der Waals surface area (Å²) >= 11 is 5.87. The fourth-order valence-electron chi connectivity index (χ4n) is 1.89. The van der Waals surface area contributed by atoms with Gasteiger partial charge in [-0.25, -0.2) is 4.98 Å². The molecule has 0 radical (unpaired) electrons. The van der Waals surface area contributed by atoms with Gasteiger partial charge in [-0.2, -0.15) is 0 Å². The number of hydrogen-bond acceptors (Lipinski definition) is 3. The predicted octanol–water partition coefficient (Wildman–Crippen LogP) is 2.35. The molecular weight excluding hydrogens is 212 g/mol. The summed E-state index contributed by atoms with van der Waals surface area (Å²) in [4.78, 5) is 6.24. The SMILES string of the molecule is CN(c1ccnc(Cl)c1)C1CCOCC1. The highest BCUT2D eigenvalue weighted by atomic mass is 35.5. The predicted molar refractivity (Wildman–Crippen MR) is 61.5 cm³/mol. The average Bonchev–Trinajstić information content (AvgIpc) is 2.29. The second-order valence-corrected chi connectivity index (χ2v) is 4.18. The van der Waals surface area contributed by atoms with Crippen molar-refractivity contribution in [1.82, 2.24) is 4.98 Å². The molecule has 1 aliphatic heterocycles. The molecule has 0 aliphatic carbocycles. The molecule has 2 rings (SSSR count). The number of aromatic nitrogens is 1. The van der Waals surface area contributed by atoms with E-state index in [4.69, 9.17) is 16.3 Å². The Hall–Kier alpha value is -0.800. The van der Waals surface area contributed by atoms with Gasteiger partial charge >= 0.3 is 0 Å². The summed E-state index contributed by atoms with van der Waals surface area (Å²) in [6.45, 7) is 1.71. The first-order valence-corrected chi connectivity index (χ1v) is 5.57. The van der Waals surface area contributed by atoms with Gasteiger partial charge < -0.3 is 9.64 Å². The smallest absolute Gasteiger partial charge is 0.131 e. The van der Waals surface area contributed by atoms with Crippen molar-refractivity contribution in [2.24, 2.45) is 0 Å². The lowest BCUT2D eigenvalue weighted by Crippen LogP contribution is -2.36. The highest BCUT2D eigenvalue weighted by molar-refractivity contribution is 6.29. The van der Waals surface area contributed by atoms with E-state index < -0.39 is 0 Å². The first-order chi connectivity index (χ1) is 7.27. The first-order valence-electron chi connectivity index (χ1n) is 5.19. The molecule has 4 heteroatoms. The Balaban J connectivity index is 2.08. The third-order valence-corrected chi connectivity index (χ3v) is 3.06. The highest BCUT2D eigenvalue weighted by Crippen LogP contribution is 2.22. The van der Waals surface area contributed by atoms with E-state index in [-0.39, 0.29) is 0 Å². The molecule has 0 amide bonds. The van der Waals surface area contributed by atoms with E-state index in [1.165, 1.54) is 0 Å². The van der Waals surface area contributed by atoms with Gasteiger partial charge in [0.2, 0.25) is 0 Å². The number of pyridine rings is 1. The lowest BCUT2D eigenvalue weighted by molar-refractivity contribution is 0.0855. The van der Waals surface area contributed by atoms with Crippen molar-refractivity contribution in [3.63, 3.8) is 0 Å². The van der Waals surface area contributed by atoms with Crippen LogP contribution in [-0.4, -0.2) is 31.3 Å². The first kappa shape index (κ1) is 10.7. The summed E-state index contributed by atoms with van der Waals surface area (Å²) in [7, 11) is 2.10. The largest absolute Gasteiger partial charge is 0.381 e. The summed E-state index contributed by atoms with van der Waals surface area (Å²) in [6, 6.07) is 4.44. The second-order valence-electron chi connectivity index (χ2n) is 3.79. The van der Waals surface area contributed by atoms with Crippen LogP contribution in [0.3, 0.4) is 0 Å². The number of rotatable bonds is 2. The van der Waals surface area contributed by atoms with Crippen LogP contribution in [0.25, 0.3) is 0 Å². The lowest BCUT2D eigenvalue weighted by Gasteiger charge is -2.32. The summed E-state index contributed by atoms with van der Waals surface area (Å²) in [5.41, 5.74) is 1.13. The van der Waals surface area contributed by atoms with E-state index in [1.54, 1.807) is 6.20 Å². The molecule has 0 spiro atoms. The van der Waals surface area contributed by atoms with E-state index in [1.807, 2.05) is 12.1 Å². The Morgan fingerprint density at radius 3 is 2.87 bits per heavy atom. The van der Waals surface area contributed by atoms with E-state index in [0.29, 0.717) is 11.2 Å². The summed E-state index contributed by atoms with van der Waals surface area (Å²) in [6.07, 6.45) is 3.90. The monoisotopic (exact) mass is 226 g/mol. The minimum atomic E-state index is 0.548. The van der Waals surface area contributed by atoms with Crippen molar-refractivity contribution in [3.8, 4) is 0 Å². The number of anilines is 1. The van der Waals surface area contributed by atoms with Crippen molar-refractivity contribution in [2.75, 3.05) is 25.2 Å². The van der Waals surface area contributed by atoms with Crippen LogP contribution >= 0.6 is 11.6 Å². The maximum absolute atomic E-state index is 5.87. The number of nitrogens with zero attached hydrogens (tertiary/aromatic N) is 2. The van der Waals surface area contributed by atoms with E-state index >= 15 is 0 Å². The zero-order valence-electron chi connectivity index (χ0n) is 8.82. The minimum absolute atomic E-state index is 0.548. The normalized spacial score (nSPS) is 17.7. The Labute approximate surface area is 95.0 Å². The minimum Gasteiger partial charge on any atom is -0.381 e. The Morgan fingerprint density at radius 2 is 2.20 bits per heavy atom. The fraction of sp³-hybridized carbons (Fsp3) is 0.545. The molecule has 82 valence electrons.